The predicted octanol–water partition coefficient (Wildman–Crippen LogP) is 3.61. The van der Waals surface area contributed by atoms with Gasteiger partial charge < -0.3 is 0 Å². The number of likely N-dealkylation sites (tertiary alicyclic amines) is 1. The largest absolute Gasteiger partial charge is 0.296 e. The number of carbonyl (C=O) groups is 1. The molecule has 0 N–H and O–H groups in total. The number of ketones is 1. The number of rotatable bonds is 4. The lowest BCUT2D eigenvalue weighted by Crippen LogP contribution is -2.28. The third-order valence-corrected chi connectivity index (χ3v) is 4.26. The molecule has 98 valence electrons. The summed E-state index contributed by atoms with van der Waals surface area (Å²) in [5, 5.41) is 0. The zero-order valence-corrected chi connectivity index (χ0v) is 12.6. The van der Waals surface area contributed by atoms with E-state index in [2.05, 4.69) is 34.7 Å². The van der Waals surface area contributed by atoms with Gasteiger partial charge in [0.15, 0.2) is 5.78 Å². The normalized spacial score (nSPS) is 20.6. The summed E-state index contributed by atoms with van der Waals surface area (Å²) < 4.78 is 0.967. The molecule has 0 radical (unpaired) electrons. The Balaban J connectivity index is 1.93. The molecule has 1 aliphatic heterocycles. The van der Waals surface area contributed by atoms with Crippen LogP contribution in [0.1, 0.15) is 30.6 Å². The van der Waals surface area contributed by atoms with Gasteiger partial charge in [0.05, 0.1) is 6.54 Å². The number of nitrogens with zero attached hydrogens (tertiary/aromatic N) is 1. The van der Waals surface area contributed by atoms with Crippen molar-refractivity contribution >= 4 is 21.7 Å². The fourth-order valence-corrected chi connectivity index (χ4v) is 2.91. The third-order valence-electron chi connectivity index (χ3n) is 3.77. The number of halogens is 1. The molecule has 0 amide bonds. The molecule has 18 heavy (non-hydrogen) atoms. The minimum Gasteiger partial charge on any atom is -0.296 e. The Hall–Kier alpha value is -0.670. The van der Waals surface area contributed by atoms with Crippen molar-refractivity contribution in [1.82, 2.24) is 4.90 Å². The predicted molar refractivity (Wildman–Crippen MR) is 77.9 cm³/mol. The maximum Gasteiger partial charge on any atom is 0.176 e. The van der Waals surface area contributed by atoms with Gasteiger partial charge in [-0.3, -0.25) is 9.69 Å². The summed E-state index contributed by atoms with van der Waals surface area (Å²) in [4.78, 5) is 14.5. The van der Waals surface area contributed by atoms with Crippen LogP contribution in [0.4, 0.5) is 0 Å². The molecule has 0 saturated carbocycles. The zero-order chi connectivity index (χ0) is 13.1. The van der Waals surface area contributed by atoms with Gasteiger partial charge in [0, 0.05) is 16.6 Å². The standard InChI is InChI=1S/C15H20BrNO/c1-11(2)13-6-7-17(9-13)10-15(18)12-4-3-5-14(16)8-12/h3-5,8,11,13H,6-7,9-10H2,1-2H3. The third kappa shape index (κ3) is 3.42. The van der Waals surface area contributed by atoms with Crippen molar-refractivity contribution in [3.05, 3.63) is 34.3 Å². The van der Waals surface area contributed by atoms with E-state index in [-0.39, 0.29) is 5.78 Å². The highest BCUT2D eigenvalue weighted by atomic mass is 79.9. The van der Waals surface area contributed by atoms with Gasteiger partial charge in [-0.25, -0.2) is 0 Å². The second-order valence-electron chi connectivity index (χ2n) is 5.46. The summed E-state index contributed by atoms with van der Waals surface area (Å²) in [7, 11) is 0. The van der Waals surface area contributed by atoms with E-state index >= 15 is 0 Å². The minimum absolute atomic E-state index is 0.223. The van der Waals surface area contributed by atoms with Crippen LogP contribution < -0.4 is 0 Å². The lowest BCUT2D eigenvalue weighted by molar-refractivity contribution is 0.0942. The van der Waals surface area contributed by atoms with E-state index in [1.807, 2.05) is 24.3 Å². The molecule has 1 aromatic carbocycles. The fourth-order valence-electron chi connectivity index (χ4n) is 2.51. The summed E-state index contributed by atoms with van der Waals surface area (Å²) >= 11 is 3.41. The van der Waals surface area contributed by atoms with E-state index in [1.165, 1.54) is 6.42 Å². The summed E-state index contributed by atoms with van der Waals surface area (Å²) in [6.45, 7) is 7.22. The molecular formula is C15H20BrNO. The number of benzene rings is 1. The molecule has 1 atom stereocenters. The highest BCUT2D eigenvalue weighted by molar-refractivity contribution is 9.10. The van der Waals surface area contributed by atoms with Gasteiger partial charge in [0.1, 0.15) is 0 Å². The first-order chi connectivity index (χ1) is 8.56. The maximum absolute atomic E-state index is 12.2. The molecular weight excluding hydrogens is 290 g/mol. The van der Waals surface area contributed by atoms with Crippen molar-refractivity contribution in [3.8, 4) is 0 Å². The van der Waals surface area contributed by atoms with Gasteiger partial charge in [-0.15, -0.1) is 0 Å². The summed E-state index contributed by atoms with van der Waals surface area (Å²) in [6.07, 6.45) is 1.23. The van der Waals surface area contributed by atoms with Crippen LogP contribution in [-0.4, -0.2) is 30.3 Å². The van der Waals surface area contributed by atoms with Crippen molar-refractivity contribution in [2.75, 3.05) is 19.6 Å². The van der Waals surface area contributed by atoms with Crippen LogP contribution in [0.15, 0.2) is 28.7 Å². The molecule has 2 nitrogen and oxygen atoms in total. The van der Waals surface area contributed by atoms with Gasteiger partial charge in [-0.1, -0.05) is 41.9 Å². The Kier molecular flexibility index (Phi) is 4.57. The molecule has 0 aromatic heterocycles. The Labute approximate surface area is 117 Å². The quantitative estimate of drug-likeness (QED) is 0.792. The van der Waals surface area contributed by atoms with Crippen molar-refractivity contribution in [2.24, 2.45) is 11.8 Å². The van der Waals surface area contributed by atoms with E-state index in [0.717, 1.165) is 35.0 Å². The lowest BCUT2D eigenvalue weighted by Gasteiger charge is -2.17. The van der Waals surface area contributed by atoms with Crippen molar-refractivity contribution < 1.29 is 4.79 Å². The van der Waals surface area contributed by atoms with Crippen molar-refractivity contribution in [2.45, 2.75) is 20.3 Å². The maximum atomic E-state index is 12.2. The Bertz CT molecular complexity index is 430. The van der Waals surface area contributed by atoms with Crippen LogP contribution in [0.25, 0.3) is 0 Å². The Morgan fingerprint density at radius 1 is 1.50 bits per heavy atom. The van der Waals surface area contributed by atoms with Gasteiger partial charge in [0.25, 0.3) is 0 Å². The van der Waals surface area contributed by atoms with Crippen LogP contribution in [-0.2, 0) is 0 Å². The fraction of sp³-hybridized carbons (Fsp3) is 0.533. The SMILES string of the molecule is CC(C)C1CCN(CC(=O)c2cccc(Br)c2)C1. The molecule has 0 bridgehead atoms. The first kappa shape index (κ1) is 13.8. The van der Waals surface area contributed by atoms with E-state index in [0.29, 0.717) is 6.54 Å². The van der Waals surface area contributed by atoms with Crippen LogP contribution in [0.2, 0.25) is 0 Å². The molecule has 1 aliphatic rings. The topological polar surface area (TPSA) is 20.3 Å². The molecule has 1 aromatic rings. The van der Waals surface area contributed by atoms with Gasteiger partial charge in [0.2, 0.25) is 0 Å². The number of carbonyl (C=O) groups excluding carboxylic acids is 1. The molecule has 1 heterocycles. The van der Waals surface area contributed by atoms with Gasteiger partial charge in [-0.05, 0) is 36.9 Å². The molecule has 0 spiro atoms. The van der Waals surface area contributed by atoms with Gasteiger partial charge >= 0.3 is 0 Å². The molecule has 2 rings (SSSR count). The van der Waals surface area contributed by atoms with Crippen LogP contribution in [0.3, 0.4) is 0 Å². The van der Waals surface area contributed by atoms with Crippen LogP contribution in [0, 0.1) is 11.8 Å². The monoisotopic (exact) mass is 309 g/mol. The highest BCUT2D eigenvalue weighted by Crippen LogP contribution is 2.23. The second kappa shape index (κ2) is 5.98. The molecule has 1 fully saturated rings. The number of hydrogen-bond donors (Lipinski definition) is 0. The van der Waals surface area contributed by atoms with E-state index in [4.69, 9.17) is 0 Å². The molecule has 0 aliphatic carbocycles. The van der Waals surface area contributed by atoms with Crippen molar-refractivity contribution in [3.63, 3.8) is 0 Å². The second-order valence-corrected chi connectivity index (χ2v) is 6.38. The van der Waals surface area contributed by atoms with E-state index in [9.17, 15) is 4.79 Å². The van der Waals surface area contributed by atoms with Gasteiger partial charge in [-0.2, -0.15) is 0 Å². The number of hydrogen-bond acceptors (Lipinski definition) is 2. The summed E-state index contributed by atoms with van der Waals surface area (Å²) in [5.74, 6) is 1.69. The van der Waals surface area contributed by atoms with Crippen LogP contribution in [0.5, 0.6) is 0 Å². The molecule has 1 unspecified atom stereocenters. The van der Waals surface area contributed by atoms with Crippen LogP contribution >= 0.6 is 15.9 Å². The Morgan fingerprint density at radius 3 is 2.89 bits per heavy atom. The highest BCUT2D eigenvalue weighted by Gasteiger charge is 2.26. The van der Waals surface area contributed by atoms with E-state index < -0.39 is 0 Å². The average Bonchev–Trinajstić information content (AvgIpc) is 2.77. The first-order valence-corrected chi connectivity index (χ1v) is 7.36. The average molecular weight is 310 g/mol. The summed E-state index contributed by atoms with van der Waals surface area (Å²) in [5.41, 5.74) is 0.803. The first-order valence-electron chi connectivity index (χ1n) is 6.57. The molecule has 3 heteroatoms. The zero-order valence-electron chi connectivity index (χ0n) is 11.0. The number of Topliss-reactive ketones (excluding diaryl/α,β-unsaturated/α-hetero) is 1. The lowest BCUT2D eigenvalue weighted by atomic mass is 9.95. The van der Waals surface area contributed by atoms with Crippen molar-refractivity contribution in [1.29, 1.82) is 0 Å². The molecule has 1 saturated heterocycles. The smallest absolute Gasteiger partial charge is 0.176 e. The Morgan fingerprint density at radius 2 is 2.28 bits per heavy atom. The summed E-state index contributed by atoms with van der Waals surface area (Å²) in [6, 6.07) is 7.65. The minimum atomic E-state index is 0.223. The van der Waals surface area contributed by atoms with E-state index in [1.54, 1.807) is 0 Å².